The second kappa shape index (κ2) is 5.61. The van der Waals surface area contributed by atoms with Crippen molar-refractivity contribution in [3.63, 3.8) is 0 Å². The highest BCUT2D eigenvalue weighted by Crippen LogP contribution is 2.27. The van der Waals surface area contributed by atoms with Gasteiger partial charge in [-0.15, -0.1) is 5.10 Å². The highest BCUT2D eigenvalue weighted by Gasteiger charge is 2.19. The molecule has 0 fully saturated rings. The first-order valence-corrected chi connectivity index (χ1v) is 6.03. The molecule has 0 saturated heterocycles. The number of nitrogens with zero attached hydrogens (tertiary/aromatic N) is 3. The Kier molecular flexibility index (Phi) is 4.12. The second-order valence-electron chi connectivity index (χ2n) is 3.67. The first-order valence-electron chi connectivity index (χ1n) is 5.23. The molecule has 7 nitrogen and oxygen atoms in total. The Labute approximate surface area is 111 Å². The summed E-state index contributed by atoms with van der Waals surface area (Å²) in [5.74, 6) is 0.473. The minimum absolute atomic E-state index is 0.0666. The van der Waals surface area contributed by atoms with E-state index in [9.17, 15) is 10.2 Å². The van der Waals surface area contributed by atoms with Gasteiger partial charge < -0.3 is 19.7 Å². The monoisotopic (exact) mass is 317 g/mol. The Morgan fingerprint density at radius 2 is 2.17 bits per heavy atom. The van der Waals surface area contributed by atoms with Crippen LogP contribution in [0.15, 0.2) is 21.2 Å². The van der Waals surface area contributed by atoms with Crippen LogP contribution in [-0.2, 0) is 13.2 Å². The molecule has 0 spiro atoms. The quantitative estimate of drug-likeness (QED) is 0.725. The number of hydrogen-bond donors (Lipinski definition) is 3. The smallest absolute Gasteiger partial charge is 0.169 e. The van der Waals surface area contributed by atoms with E-state index in [-0.39, 0.29) is 19.8 Å². The Morgan fingerprint density at radius 1 is 1.39 bits per heavy atom. The molecule has 1 atom stereocenters. The number of hydrogen-bond acceptors (Lipinski definition) is 6. The van der Waals surface area contributed by atoms with Crippen LogP contribution in [0.1, 0.15) is 5.69 Å². The van der Waals surface area contributed by atoms with Gasteiger partial charge >= 0.3 is 0 Å². The third-order valence-electron chi connectivity index (χ3n) is 2.36. The molecule has 2 aromatic heterocycles. The lowest BCUT2D eigenvalue weighted by Gasteiger charge is -2.09. The fraction of sp³-hybridized carbons (Fsp3) is 0.400. The van der Waals surface area contributed by atoms with E-state index in [4.69, 9.17) is 9.52 Å². The first kappa shape index (κ1) is 13.2. The van der Waals surface area contributed by atoms with Gasteiger partial charge in [-0.2, -0.15) is 0 Å². The minimum atomic E-state index is -0.949. The molecule has 98 valence electrons. The van der Waals surface area contributed by atoms with E-state index in [1.165, 1.54) is 4.68 Å². The maximum atomic E-state index is 9.43. The van der Waals surface area contributed by atoms with Crippen LogP contribution in [0.2, 0.25) is 0 Å². The summed E-state index contributed by atoms with van der Waals surface area (Å²) >= 11 is 3.18. The maximum Gasteiger partial charge on any atom is 0.169 e. The lowest BCUT2D eigenvalue weighted by Crippen LogP contribution is -2.21. The van der Waals surface area contributed by atoms with Crippen molar-refractivity contribution in [2.24, 2.45) is 0 Å². The van der Waals surface area contributed by atoms with Crippen LogP contribution >= 0.6 is 15.9 Å². The molecular formula is C10H12BrN3O4. The number of rotatable bonds is 5. The van der Waals surface area contributed by atoms with Crippen molar-refractivity contribution in [3.8, 4) is 11.5 Å². The van der Waals surface area contributed by atoms with Gasteiger partial charge in [0, 0.05) is 0 Å². The summed E-state index contributed by atoms with van der Waals surface area (Å²) in [6, 6.07) is 3.40. The summed E-state index contributed by atoms with van der Waals surface area (Å²) in [4.78, 5) is 0. The molecule has 0 saturated carbocycles. The van der Waals surface area contributed by atoms with Gasteiger partial charge in [-0.05, 0) is 28.1 Å². The van der Waals surface area contributed by atoms with Crippen LogP contribution < -0.4 is 0 Å². The third-order valence-corrected chi connectivity index (χ3v) is 2.78. The number of aliphatic hydroxyl groups is 3. The lowest BCUT2D eigenvalue weighted by molar-refractivity contribution is 0.0781. The largest absolute Gasteiger partial charge is 0.448 e. The molecular weight excluding hydrogens is 306 g/mol. The van der Waals surface area contributed by atoms with Gasteiger partial charge in [0.2, 0.25) is 0 Å². The Balaban J connectivity index is 2.39. The van der Waals surface area contributed by atoms with Crippen LogP contribution in [0.25, 0.3) is 11.5 Å². The minimum Gasteiger partial charge on any atom is -0.448 e. The predicted octanol–water partition coefficient (Wildman–Crippen LogP) is 0.146. The molecule has 2 rings (SSSR count). The summed E-state index contributed by atoms with van der Waals surface area (Å²) < 4.78 is 7.31. The molecule has 8 heteroatoms. The highest BCUT2D eigenvalue weighted by atomic mass is 79.9. The fourth-order valence-electron chi connectivity index (χ4n) is 1.55. The molecule has 18 heavy (non-hydrogen) atoms. The van der Waals surface area contributed by atoms with Crippen molar-refractivity contribution in [2.75, 3.05) is 6.61 Å². The first-order chi connectivity index (χ1) is 8.65. The molecule has 0 aromatic carbocycles. The Hall–Kier alpha value is -1.22. The molecule has 0 radical (unpaired) electrons. The van der Waals surface area contributed by atoms with Gasteiger partial charge in [0.05, 0.1) is 25.9 Å². The van der Waals surface area contributed by atoms with Crippen molar-refractivity contribution in [3.05, 3.63) is 22.5 Å². The number of furan rings is 1. The molecule has 0 aliphatic rings. The third kappa shape index (κ3) is 2.61. The summed E-state index contributed by atoms with van der Waals surface area (Å²) in [6.07, 6.45) is -0.949. The van der Waals surface area contributed by atoms with Crippen LogP contribution in [0, 0.1) is 0 Å². The summed E-state index contributed by atoms with van der Waals surface area (Å²) in [7, 11) is 0. The summed E-state index contributed by atoms with van der Waals surface area (Å²) in [5.41, 5.74) is 0.831. The average molecular weight is 318 g/mol. The number of aromatic nitrogens is 3. The van der Waals surface area contributed by atoms with Gasteiger partial charge in [0.1, 0.15) is 11.4 Å². The molecule has 1 unspecified atom stereocenters. The van der Waals surface area contributed by atoms with Crippen LogP contribution in [0.5, 0.6) is 0 Å². The second-order valence-corrected chi connectivity index (χ2v) is 4.45. The topological polar surface area (TPSA) is 105 Å². The SMILES string of the molecule is OCc1nnn(CC(O)CO)c1-c1ccc(Br)o1. The van der Waals surface area contributed by atoms with E-state index >= 15 is 0 Å². The van der Waals surface area contributed by atoms with Gasteiger partial charge in [-0.25, -0.2) is 4.68 Å². The zero-order chi connectivity index (χ0) is 13.1. The molecule has 3 N–H and O–H groups in total. The van der Waals surface area contributed by atoms with Crippen molar-refractivity contribution < 1.29 is 19.7 Å². The van der Waals surface area contributed by atoms with Gasteiger partial charge in [-0.3, -0.25) is 0 Å². The van der Waals surface area contributed by atoms with Gasteiger partial charge in [0.15, 0.2) is 10.4 Å². The standard InChI is InChI=1S/C10H12BrN3O4/c11-9-2-1-8(18-9)10-7(5-16)12-13-14(10)3-6(17)4-15/h1-2,6,15-17H,3-5H2. The zero-order valence-corrected chi connectivity index (χ0v) is 10.9. The van der Waals surface area contributed by atoms with E-state index in [1.54, 1.807) is 12.1 Å². The number of aliphatic hydroxyl groups excluding tert-OH is 3. The molecule has 0 aliphatic heterocycles. The van der Waals surface area contributed by atoms with Crippen molar-refractivity contribution in [2.45, 2.75) is 19.3 Å². The normalized spacial score (nSPS) is 12.9. The maximum absolute atomic E-state index is 9.43. The predicted molar refractivity (Wildman–Crippen MR) is 64.4 cm³/mol. The number of halogens is 1. The van der Waals surface area contributed by atoms with E-state index in [2.05, 4.69) is 26.2 Å². The Morgan fingerprint density at radius 3 is 2.72 bits per heavy atom. The molecule has 0 bridgehead atoms. The van der Waals surface area contributed by atoms with Crippen LogP contribution in [0.4, 0.5) is 0 Å². The van der Waals surface area contributed by atoms with Crippen LogP contribution in [0.3, 0.4) is 0 Å². The van der Waals surface area contributed by atoms with Crippen LogP contribution in [-0.4, -0.2) is 43.0 Å². The molecule has 2 heterocycles. The molecule has 0 amide bonds. The summed E-state index contributed by atoms with van der Waals surface area (Å²) in [6.45, 7) is -0.602. The fourth-order valence-corrected chi connectivity index (χ4v) is 1.86. The highest BCUT2D eigenvalue weighted by molar-refractivity contribution is 9.10. The van der Waals surface area contributed by atoms with Gasteiger partial charge in [0.25, 0.3) is 0 Å². The lowest BCUT2D eigenvalue weighted by atomic mass is 10.2. The summed E-state index contributed by atoms with van der Waals surface area (Å²) in [5, 5.41) is 35.1. The van der Waals surface area contributed by atoms with E-state index in [0.717, 1.165) is 0 Å². The van der Waals surface area contributed by atoms with Crippen molar-refractivity contribution in [1.82, 2.24) is 15.0 Å². The Bertz CT molecular complexity index is 525. The molecule has 2 aromatic rings. The van der Waals surface area contributed by atoms with E-state index in [1.807, 2.05) is 0 Å². The van der Waals surface area contributed by atoms with Gasteiger partial charge in [-0.1, -0.05) is 5.21 Å². The van der Waals surface area contributed by atoms with Crippen molar-refractivity contribution >= 4 is 15.9 Å². The molecule has 0 aliphatic carbocycles. The van der Waals surface area contributed by atoms with E-state index < -0.39 is 6.10 Å². The van der Waals surface area contributed by atoms with Crippen molar-refractivity contribution in [1.29, 1.82) is 0 Å². The zero-order valence-electron chi connectivity index (χ0n) is 9.32. The van der Waals surface area contributed by atoms with E-state index in [0.29, 0.717) is 21.8 Å². The average Bonchev–Trinajstić information content (AvgIpc) is 2.95.